The fraction of sp³-hybridized carbons (Fsp3) is 0.714. The van der Waals surface area contributed by atoms with Crippen molar-refractivity contribution in [2.45, 2.75) is 31.3 Å². The minimum Gasteiger partial charge on any atom is -0.307 e. The number of nitrogens with one attached hydrogen (secondary N) is 1. The van der Waals surface area contributed by atoms with Crippen molar-refractivity contribution in [1.29, 1.82) is 0 Å². The molecule has 0 saturated carbocycles. The zero-order valence-electron chi connectivity index (χ0n) is 4.93. The summed E-state index contributed by atoms with van der Waals surface area (Å²) in [5.41, 5.74) is 0. The summed E-state index contributed by atoms with van der Waals surface area (Å²) in [6.07, 6.45) is 8.61. The van der Waals surface area contributed by atoms with Crippen LogP contribution in [0.3, 0.4) is 0 Å². The summed E-state index contributed by atoms with van der Waals surface area (Å²) in [5.74, 6) is 0. The lowest BCUT2D eigenvalue weighted by atomic mass is 10.2. The van der Waals surface area contributed by atoms with E-state index in [1.54, 1.807) is 0 Å². The third-order valence-corrected chi connectivity index (χ3v) is 2.06. The molecular weight excluding hydrogens is 98.1 g/mol. The highest BCUT2D eigenvalue weighted by molar-refractivity contribution is 5.06. The van der Waals surface area contributed by atoms with Gasteiger partial charge in [-0.15, -0.1) is 0 Å². The first kappa shape index (κ1) is 4.57. The fourth-order valence-corrected chi connectivity index (χ4v) is 1.59. The van der Waals surface area contributed by atoms with E-state index in [2.05, 4.69) is 17.5 Å². The molecule has 1 fully saturated rings. The van der Waals surface area contributed by atoms with Crippen LogP contribution in [0.4, 0.5) is 0 Å². The molecule has 1 saturated heterocycles. The molecule has 8 heavy (non-hydrogen) atoms. The van der Waals surface area contributed by atoms with Crippen LogP contribution in [0.2, 0.25) is 0 Å². The molecule has 1 heteroatoms. The van der Waals surface area contributed by atoms with Gasteiger partial charge in [-0.2, -0.15) is 0 Å². The van der Waals surface area contributed by atoms with Crippen LogP contribution in [-0.4, -0.2) is 12.1 Å². The maximum atomic E-state index is 3.50. The maximum Gasteiger partial charge on any atom is 0.0253 e. The van der Waals surface area contributed by atoms with Gasteiger partial charge in [0.05, 0.1) is 0 Å². The van der Waals surface area contributed by atoms with E-state index in [1.165, 1.54) is 19.3 Å². The number of fused-ring (bicyclic) bond motifs is 2. The first-order valence-electron chi connectivity index (χ1n) is 3.38. The fourth-order valence-electron chi connectivity index (χ4n) is 1.59. The Bertz CT molecular complexity index is 118. The molecule has 1 N–H and O–H groups in total. The molecule has 0 aliphatic carbocycles. The Hall–Kier alpha value is -0.300. The Morgan fingerprint density at radius 2 is 2.38 bits per heavy atom. The topological polar surface area (TPSA) is 12.0 Å². The molecular formula is C7H11N. The molecule has 0 aromatic rings. The Kier molecular flexibility index (Phi) is 0.908. The van der Waals surface area contributed by atoms with Crippen molar-refractivity contribution in [3.63, 3.8) is 0 Å². The molecule has 0 unspecified atom stereocenters. The lowest BCUT2D eigenvalue weighted by Gasteiger charge is -2.13. The van der Waals surface area contributed by atoms with Crippen molar-refractivity contribution < 1.29 is 0 Å². The summed E-state index contributed by atoms with van der Waals surface area (Å²) in [5, 5.41) is 3.50. The average molecular weight is 109 g/mol. The van der Waals surface area contributed by atoms with E-state index in [1.807, 2.05) is 0 Å². The van der Waals surface area contributed by atoms with E-state index >= 15 is 0 Å². The molecule has 2 aliphatic heterocycles. The van der Waals surface area contributed by atoms with E-state index in [-0.39, 0.29) is 0 Å². The van der Waals surface area contributed by atoms with Gasteiger partial charge in [-0.3, -0.25) is 0 Å². The zero-order valence-corrected chi connectivity index (χ0v) is 4.93. The van der Waals surface area contributed by atoms with E-state index in [4.69, 9.17) is 0 Å². The van der Waals surface area contributed by atoms with E-state index in [0.717, 1.165) is 12.1 Å². The normalized spacial score (nSPS) is 43.0. The van der Waals surface area contributed by atoms with Crippen LogP contribution in [0.15, 0.2) is 12.2 Å². The van der Waals surface area contributed by atoms with Gasteiger partial charge in [0.15, 0.2) is 0 Å². The average Bonchev–Trinajstić information content (AvgIpc) is 2.12. The minimum atomic E-state index is 0.730. The quantitative estimate of drug-likeness (QED) is 0.459. The monoisotopic (exact) mass is 109 g/mol. The molecule has 0 aromatic carbocycles. The second kappa shape index (κ2) is 1.59. The minimum absolute atomic E-state index is 0.730. The van der Waals surface area contributed by atoms with Crippen LogP contribution in [0.5, 0.6) is 0 Å². The Morgan fingerprint density at radius 1 is 1.38 bits per heavy atom. The van der Waals surface area contributed by atoms with Gasteiger partial charge in [-0.1, -0.05) is 12.2 Å². The Balaban J connectivity index is 2.17. The van der Waals surface area contributed by atoms with Crippen LogP contribution in [-0.2, 0) is 0 Å². The van der Waals surface area contributed by atoms with Gasteiger partial charge in [0.2, 0.25) is 0 Å². The van der Waals surface area contributed by atoms with Gasteiger partial charge in [-0.05, 0) is 19.3 Å². The summed E-state index contributed by atoms with van der Waals surface area (Å²) in [6.45, 7) is 0. The summed E-state index contributed by atoms with van der Waals surface area (Å²) in [6, 6.07) is 1.55. The lowest BCUT2D eigenvalue weighted by Crippen LogP contribution is -2.30. The van der Waals surface area contributed by atoms with E-state index in [0.29, 0.717) is 0 Å². The van der Waals surface area contributed by atoms with Crippen molar-refractivity contribution in [2.75, 3.05) is 0 Å². The van der Waals surface area contributed by atoms with Crippen LogP contribution < -0.4 is 5.32 Å². The number of hydrogen-bond acceptors (Lipinski definition) is 1. The first-order valence-corrected chi connectivity index (χ1v) is 3.38. The summed E-state index contributed by atoms with van der Waals surface area (Å²) >= 11 is 0. The molecule has 44 valence electrons. The molecule has 2 atom stereocenters. The predicted molar refractivity (Wildman–Crippen MR) is 33.7 cm³/mol. The molecule has 2 rings (SSSR count). The van der Waals surface area contributed by atoms with Crippen LogP contribution in [0.1, 0.15) is 19.3 Å². The maximum absolute atomic E-state index is 3.50. The second-order valence-electron chi connectivity index (χ2n) is 2.71. The number of rotatable bonds is 0. The van der Waals surface area contributed by atoms with Crippen molar-refractivity contribution in [1.82, 2.24) is 5.32 Å². The smallest absolute Gasteiger partial charge is 0.0253 e. The summed E-state index contributed by atoms with van der Waals surface area (Å²) < 4.78 is 0. The number of hydrogen-bond donors (Lipinski definition) is 1. The molecule has 0 spiro atoms. The third-order valence-electron chi connectivity index (χ3n) is 2.06. The molecule has 0 radical (unpaired) electrons. The molecule has 2 bridgehead atoms. The van der Waals surface area contributed by atoms with Gasteiger partial charge >= 0.3 is 0 Å². The van der Waals surface area contributed by atoms with E-state index < -0.39 is 0 Å². The molecule has 0 aromatic heterocycles. The van der Waals surface area contributed by atoms with Crippen LogP contribution in [0, 0.1) is 0 Å². The molecule has 1 nitrogen and oxygen atoms in total. The lowest BCUT2D eigenvalue weighted by molar-refractivity contribution is 0.566. The van der Waals surface area contributed by atoms with Crippen LogP contribution in [0.25, 0.3) is 0 Å². The molecule has 0 amide bonds. The first-order chi connectivity index (χ1) is 3.95. The van der Waals surface area contributed by atoms with Gasteiger partial charge in [0.25, 0.3) is 0 Å². The van der Waals surface area contributed by atoms with E-state index in [9.17, 15) is 0 Å². The van der Waals surface area contributed by atoms with Gasteiger partial charge in [0.1, 0.15) is 0 Å². The van der Waals surface area contributed by atoms with Gasteiger partial charge < -0.3 is 5.32 Å². The van der Waals surface area contributed by atoms with Crippen molar-refractivity contribution in [3.8, 4) is 0 Å². The Labute approximate surface area is 49.8 Å². The molecule has 2 aliphatic rings. The van der Waals surface area contributed by atoms with Crippen LogP contribution >= 0.6 is 0 Å². The van der Waals surface area contributed by atoms with Gasteiger partial charge in [-0.25, -0.2) is 0 Å². The zero-order chi connectivity index (χ0) is 5.40. The SMILES string of the molecule is C1=C[C@@H]2CC[C@H](C1)N2. The van der Waals surface area contributed by atoms with Crippen molar-refractivity contribution in [3.05, 3.63) is 12.2 Å². The third kappa shape index (κ3) is 0.583. The van der Waals surface area contributed by atoms with Gasteiger partial charge in [0, 0.05) is 12.1 Å². The highest BCUT2D eigenvalue weighted by Crippen LogP contribution is 2.20. The standard InChI is InChI=1S/C7H11N/c1-2-6-4-5-7(3-1)8-6/h1-2,6-8H,3-5H2/t6-,7+/m1/s1. The summed E-state index contributed by atoms with van der Waals surface area (Å²) in [7, 11) is 0. The highest BCUT2D eigenvalue weighted by atomic mass is 15.0. The molecule has 2 heterocycles. The largest absolute Gasteiger partial charge is 0.307 e. The Morgan fingerprint density at radius 3 is 3.12 bits per heavy atom. The summed E-state index contributed by atoms with van der Waals surface area (Å²) in [4.78, 5) is 0. The second-order valence-corrected chi connectivity index (χ2v) is 2.71. The van der Waals surface area contributed by atoms with Crippen molar-refractivity contribution >= 4 is 0 Å². The predicted octanol–water partition coefficient (Wildman–Crippen LogP) is 1.07. The highest BCUT2D eigenvalue weighted by Gasteiger charge is 2.23. The van der Waals surface area contributed by atoms with Crippen molar-refractivity contribution in [2.24, 2.45) is 0 Å².